The van der Waals surface area contributed by atoms with E-state index < -0.39 is 30.3 Å². The summed E-state index contributed by atoms with van der Waals surface area (Å²) in [7, 11) is 0. The number of nitrogens with zero attached hydrogens (tertiary/aromatic N) is 4. The molecule has 0 unspecified atom stereocenters. The van der Waals surface area contributed by atoms with Gasteiger partial charge in [0.15, 0.2) is 12.4 Å². The minimum absolute atomic E-state index is 0.114. The molecule has 1 N–H and O–H groups in total. The molecule has 11 heteroatoms. The van der Waals surface area contributed by atoms with Crippen LogP contribution in [0.1, 0.15) is 23.8 Å². The maximum Gasteiger partial charge on any atom is 0.297 e. The van der Waals surface area contributed by atoms with Crippen molar-refractivity contribution in [1.29, 1.82) is 0 Å². The first-order valence-corrected chi connectivity index (χ1v) is 8.09. The number of hydrogen-bond donors (Lipinski definition) is 1. The molecule has 1 amide bonds. The highest BCUT2D eigenvalue weighted by atomic mass is 35.5. The molecule has 1 aliphatic heterocycles. The first-order valence-electron chi connectivity index (χ1n) is 7.71. The predicted molar refractivity (Wildman–Crippen MR) is 89.1 cm³/mol. The first kappa shape index (κ1) is 19.2. The number of rotatable bonds is 5. The minimum Gasteiger partial charge on any atom is -0.471 e. The van der Waals surface area contributed by atoms with Crippen molar-refractivity contribution < 1.29 is 27.8 Å². The molecule has 0 aliphatic carbocycles. The number of hydrogen-bond acceptors (Lipinski definition) is 5. The molecule has 144 valence electrons. The summed E-state index contributed by atoms with van der Waals surface area (Å²) in [6, 6.07) is 5.05. The van der Waals surface area contributed by atoms with Gasteiger partial charge in [-0.25, -0.2) is 17.9 Å². The quantitative estimate of drug-likeness (QED) is 0.834. The Labute approximate surface area is 156 Å². The van der Waals surface area contributed by atoms with Crippen LogP contribution < -0.4 is 4.74 Å². The zero-order valence-electron chi connectivity index (χ0n) is 13.9. The largest absolute Gasteiger partial charge is 0.471 e. The van der Waals surface area contributed by atoms with E-state index in [9.17, 15) is 23.1 Å². The second-order valence-electron chi connectivity index (χ2n) is 5.90. The van der Waals surface area contributed by atoms with Crippen molar-refractivity contribution in [3.05, 3.63) is 47.0 Å². The summed E-state index contributed by atoms with van der Waals surface area (Å²) >= 11 is 5.65. The van der Waals surface area contributed by atoms with Crippen LogP contribution in [0.5, 0.6) is 5.75 Å². The molecule has 1 aliphatic rings. The van der Waals surface area contributed by atoms with Crippen LogP contribution in [0, 0.1) is 5.82 Å². The first-order chi connectivity index (χ1) is 12.7. The SMILES string of the molecule is CC1=NN(C(=O)c2ccn(COc3ccc(F)c(Cl)c3)n2)[C@@](O)(C(F)F)C1. The van der Waals surface area contributed by atoms with Crippen molar-refractivity contribution in [3.8, 4) is 5.75 Å². The van der Waals surface area contributed by atoms with Gasteiger partial charge in [-0.3, -0.25) is 4.79 Å². The van der Waals surface area contributed by atoms with Gasteiger partial charge in [0.05, 0.1) is 5.02 Å². The summed E-state index contributed by atoms with van der Waals surface area (Å²) in [6.45, 7) is 1.29. The number of carbonyl (C=O) groups is 1. The number of ether oxygens (including phenoxy) is 1. The molecule has 0 radical (unpaired) electrons. The van der Waals surface area contributed by atoms with Gasteiger partial charge in [-0.15, -0.1) is 0 Å². The molecule has 1 atom stereocenters. The van der Waals surface area contributed by atoms with Crippen LogP contribution in [0.15, 0.2) is 35.6 Å². The number of halogens is 4. The van der Waals surface area contributed by atoms with E-state index >= 15 is 0 Å². The number of aromatic nitrogens is 2. The van der Waals surface area contributed by atoms with E-state index in [0.717, 1.165) is 6.07 Å². The van der Waals surface area contributed by atoms with Gasteiger partial charge < -0.3 is 9.84 Å². The number of carbonyl (C=O) groups excluding carboxylic acids is 1. The van der Waals surface area contributed by atoms with Gasteiger partial charge in [0.2, 0.25) is 5.72 Å². The van der Waals surface area contributed by atoms with Crippen LogP contribution in [0.4, 0.5) is 13.2 Å². The van der Waals surface area contributed by atoms with Gasteiger partial charge in [-0.2, -0.15) is 15.2 Å². The van der Waals surface area contributed by atoms with Crippen molar-refractivity contribution in [2.24, 2.45) is 5.10 Å². The number of benzene rings is 1. The average molecular weight is 403 g/mol. The molecule has 3 rings (SSSR count). The van der Waals surface area contributed by atoms with E-state index in [-0.39, 0.29) is 28.9 Å². The van der Waals surface area contributed by atoms with Gasteiger partial charge in [-0.05, 0) is 25.1 Å². The summed E-state index contributed by atoms with van der Waals surface area (Å²) in [5.74, 6) is -1.29. The fraction of sp³-hybridized carbons (Fsp3) is 0.312. The third-order valence-corrected chi connectivity index (χ3v) is 4.10. The second kappa shape index (κ2) is 7.20. The lowest BCUT2D eigenvalue weighted by Crippen LogP contribution is -2.51. The fourth-order valence-electron chi connectivity index (χ4n) is 2.50. The van der Waals surface area contributed by atoms with E-state index in [0.29, 0.717) is 5.01 Å². The molecule has 0 saturated carbocycles. The molecular weight excluding hydrogens is 389 g/mol. The standard InChI is InChI=1S/C16H14ClF3N4O3/c1-9-7-16(26,15(19)20)24(21-9)14(25)13-4-5-23(22-13)8-27-10-2-3-12(18)11(17)6-10/h2-6,15,26H,7-8H2,1H3/t16-/m0/s1. The van der Waals surface area contributed by atoms with Crippen LogP contribution in [-0.2, 0) is 6.73 Å². The topological polar surface area (TPSA) is 80.0 Å². The Balaban J connectivity index is 1.71. The predicted octanol–water partition coefficient (Wildman–Crippen LogP) is 2.89. The van der Waals surface area contributed by atoms with Crippen LogP contribution in [0.2, 0.25) is 5.02 Å². The van der Waals surface area contributed by atoms with E-state index in [2.05, 4.69) is 10.2 Å². The smallest absolute Gasteiger partial charge is 0.297 e. The highest BCUT2D eigenvalue weighted by Gasteiger charge is 2.51. The number of aliphatic hydroxyl groups is 1. The number of amides is 1. The molecule has 0 fully saturated rings. The van der Waals surface area contributed by atoms with E-state index in [1.54, 1.807) is 0 Å². The molecule has 2 heterocycles. The van der Waals surface area contributed by atoms with E-state index in [1.807, 2.05) is 0 Å². The molecule has 7 nitrogen and oxygen atoms in total. The average Bonchev–Trinajstić information content (AvgIpc) is 3.20. The normalized spacial score (nSPS) is 19.5. The van der Waals surface area contributed by atoms with E-state index in [4.69, 9.17) is 16.3 Å². The maximum absolute atomic E-state index is 13.2. The molecule has 0 bridgehead atoms. The summed E-state index contributed by atoms with van der Waals surface area (Å²) < 4.78 is 46.1. The summed E-state index contributed by atoms with van der Waals surface area (Å²) in [4.78, 5) is 12.4. The molecule has 0 saturated heterocycles. The van der Waals surface area contributed by atoms with Crippen molar-refractivity contribution in [3.63, 3.8) is 0 Å². The summed E-state index contributed by atoms with van der Waals surface area (Å²) in [5, 5.41) is 17.9. The maximum atomic E-state index is 13.2. The highest BCUT2D eigenvalue weighted by molar-refractivity contribution is 6.30. The number of hydrazone groups is 1. The van der Waals surface area contributed by atoms with Crippen LogP contribution >= 0.6 is 11.6 Å². The lowest BCUT2D eigenvalue weighted by atomic mass is 10.1. The Bertz CT molecular complexity index is 905. The Kier molecular flexibility index (Phi) is 5.11. The Morgan fingerprint density at radius 1 is 1.44 bits per heavy atom. The van der Waals surface area contributed by atoms with Crippen molar-refractivity contribution >= 4 is 23.2 Å². The molecule has 1 aromatic heterocycles. The Morgan fingerprint density at radius 3 is 2.85 bits per heavy atom. The Morgan fingerprint density at radius 2 is 2.19 bits per heavy atom. The van der Waals surface area contributed by atoms with Crippen LogP contribution in [-0.4, -0.2) is 43.7 Å². The lowest BCUT2D eigenvalue weighted by molar-refractivity contribution is -0.164. The zero-order valence-corrected chi connectivity index (χ0v) is 14.7. The Hall–Kier alpha value is -2.59. The van der Waals surface area contributed by atoms with Gasteiger partial charge in [0.25, 0.3) is 12.3 Å². The molecule has 0 spiro atoms. The van der Waals surface area contributed by atoms with Crippen molar-refractivity contribution in [2.45, 2.75) is 32.2 Å². The van der Waals surface area contributed by atoms with Crippen LogP contribution in [0.25, 0.3) is 0 Å². The second-order valence-corrected chi connectivity index (χ2v) is 6.31. The van der Waals surface area contributed by atoms with Gasteiger partial charge in [0.1, 0.15) is 11.6 Å². The molecule has 1 aromatic carbocycles. The molecule has 2 aromatic rings. The molecule has 27 heavy (non-hydrogen) atoms. The fourth-order valence-corrected chi connectivity index (χ4v) is 2.67. The monoisotopic (exact) mass is 402 g/mol. The van der Waals surface area contributed by atoms with Crippen LogP contribution in [0.3, 0.4) is 0 Å². The van der Waals surface area contributed by atoms with Crippen molar-refractivity contribution in [1.82, 2.24) is 14.8 Å². The highest BCUT2D eigenvalue weighted by Crippen LogP contribution is 2.32. The third kappa shape index (κ3) is 3.76. The molecular formula is C16H14ClF3N4O3. The van der Waals surface area contributed by atoms with Gasteiger partial charge in [-0.1, -0.05) is 11.6 Å². The zero-order chi connectivity index (χ0) is 19.8. The number of alkyl halides is 2. The lowest BCUT2D eigenvalue weighted by Gasteiger charge is -2.29. The summed E-state index contributed by atoms with van der Waals surface area (Å²) in [5.41, 5.74) is -2.71. The van der Waals surface area contributed by atoms with Crippen molar-refractivity contribution in [2.75, 3.05) is 0 Å². The van der Waals surface area contributed by atoms with Gasteiger partial charge in [0, 0.05) is 24.4 Å². The van der Waals surface area contributed by atoms with Gasteiger partial charge >= 0.3 is 0 Å². The summed E-state index contributed by atoms with van der Waals surface area (Å²) in [6.07, 6.45) is -2.27. The minimum atomic E-state index is -3.20. The van der Waals surface area contributed by atoms with E-state index in [1.165, 1.54) is 36.0 Å². The third-order valence-electron chi connectivity index (χ3n) is 3.81.